The van der Waals surface area contributed by atoms with Gasteiger partial charge in [-0.1, -0.05) is 18.2 Å². The summed E-state index contributed by atoms with van der Waals surface area (Å²) in [7, 11) is 0. The van der Waals surface area contributed by atoms with Crippen LogP contribution in [0.5, 0.6) is 0 Å². The molecule has 2 amide bonds. The van der Waals surface area contributed by atoms with Crippen LogP contribution in [0.1, 0.15) is 23.0 Å². The number of amides is 2. The number of aromatic nitrogens is 2. The van der Waals surface area contributed by atoms with E-state index in [1.54, 1.807) is 22.9 Å². The third-order valence-corrected chi connectivity index (χ3v) is 4.29. The van der Waals surface area contributed by atoms with Crippen molar-refractivity contribution < 1.29 is 9.59 Å². The van der Waals surface area contributed by atoms with Crippen LogP contribution in [0, 0.1) is 6.92 Å². The lowest BCUT2D eigenvalue weighted by atomic mass is 10.2. The van der Waals surface area contributed by atoms with E-state index in [9.17, 15) is 9.59 Å². The van der Waals surface area contributed by atoms with Gasteiger partial charge in [-0.3, -0.25) is 9.59 Å². The van der Waals surface area contributed by atoms with Crippen molar-refractivity contribution >= 4 is 23.3 Å². The molecule has 0 spiro atoms. The van der Waals surface area contributed by atoms with Gasteiger partial charge in [0.05, 0.1) is 12.4 Å². The number of rotatable bonds is 3. The lowest BCUT2D eigenvalue weighted by Gasteiger charge is -2.33. The Labute approximate surface area is 146 Å². The van der Waals surface area contributed by atoms with Gasteiger partial charge in [0.2, 0.25) is 5.91 Å². The maximum Gasteiger partial charge on any atom is 0.274 e. The van der Waals surface area contributed by atoms with Gasteiger partial charge in [0.15, 0.2) is 0 Å². The van der Waals surface area contributed by atoms with Gasteiger partial charge in [-0.15, -0.1) is 0 Å². The number of hydrogen-bond donors (Lipinski definition) is 1. The molecule has 0 unspecified atom stereocenters. The van der Waals surface area contributed by atoms with Crippen LogP contribution in [0.15, 0.2) is 36.7 Å². The number of para-hydroxylation sites is 1. The number of hydrogen-bond acceptors (Lipinski definition) is 5. The second kappa shape index (κ2) is 7.29. The molecule has 1 aromatic carbocycles. The molecule has 130 valence electrons. The number of benzene rings is 1. The van der Waals surface area contributed by atoms with E-state index < -0.39 is 0 Å². The Morgan fingerprint density at radius 1 is 1.00 bits per heavy atom. The minimum absolute atomic E-state index is 0.0403. The highest BCUT2D eigenvalue weighted by Crippen LogP contribution is 2.18. The molecule has 0 radical (unpaired) electrons. The second-order valence-corrected chi connectivity index (χ2v) is 6.03. The summed E-state index contributed by atoms with van der Waals surface area (Å²) in [6.07, 6.45) is 3.05. The molecule has 0 atom stereocenters. The zero-order chi connectivity index (χ0) is 17.8. The van der Waals surface area contributed by atoms with Crippen LogP contribution in [0.3, 0.4) is 0 Å². The van der Waals surface area contributed by atoms with Crippen molar-refractivity contribution in [2.24, 2.45) is 0 Å². The van der Waals surface area contributed by atoms with Crippen LogP contribution in [0.25, 0.3) is 0 Å². The van der Waals surface area contributed by atoms with E-state index in [-0.39, 0.29) is 11.8 Å². The van der Waals surface area contributed by atoms with Crippen molar-refractivity contribution in [2.75, 3.05) is 31.5 Å². The summed E-state index contributed by atoms with van der Waals surface area (Å²) in [4.78, 5) is 35.8. The molecule has 1 aliphatic heterocycles. The SMILES string of the molecule is CC(=O)N1CCN(C(=O)c2cnc(Nc3ccccc3C)cn2)CC1. The molecule has 7 nitrogen and oxygen atoms in total. The van der Waals surface area contributed by atoms with Gasteiger partial charge < -0.3 is 15.1 Å². The smallest absolute Gasteiger partial charge is 0.274 e. The monoisotopic (exact) mass is 339 g/mol. The molecule has 1 fully saturated rings. The fourth-order valence-electron chi connectivity index (χ4n) is 2.74. The van der Waals surface area contributed by atoms with Crippen molar-refractivity contribution in [1.29, 1.82) is 0 Å². The average Bonchev–Trinajstić information content (AvgIpc) is 2.64. The first kappa shape index (κ1) is 16.9. The Balaban J connectivity index is 1.63. The molecule has 1 aromatic heterocycles. The number of carbonyl (C=O) groups is 2. The molecular weight excluding hydrogens is 318 g/mol. The molecule has 3 rings (SSSR count). The zero-order valence-corrected chi connectivity index (χ0v) is 14.4. The van der Waals surface area contributed by atoms with Crippen molar-refractivity contribution in [3.8, 4) is 0 Å². The van der Waals surface area contributed by atoms with Gasteiger partial charge in [0.25, 0.3) is 5.91 Å². The molecule has 0 aliphatic carbocycles. The van der Waals surface area contributed by atoms with Crippen LogP contribution in [-0.2, 0) is 4.79 Å². The van der Waals surface area contributed by atoms with Gasteiger partial charge in [-0.2, -0.15) is 0 Å². The standard InChI is InChI=1S/C18H21N5O2/c1-13-5-3-4-6-15(13)21-17-12-19-16(11-20-17)18(25)23-9-7-22(8-10-23)14(2)24/h3-6,11-12H,7-10H2,1-2H3,(H,20,21). The first-order chi connectivity index (χ1) is 12.0. The largest absolute Gasteiger partial charge is 0.339 e. The summed E-state index contributed by atoms with van der Waals surface area (Å²) in [6, 6.07) is 7.89. The minimum atomic E-state index is -0.154. The average molecular weight is 339 g/mol. The first-order valence-electron chi connectivity index (χ1n) is 8.24. The van der Waals surface area contributed by atoms with Gasteiger partial charge in [-0.25, -0.2) is 9.97 Å². The van der Waals surface area contributed by atoms with Crippen molar-refractivity contribution in [2.45, 2.75) is 13.8 Å². The lowest BCUT2D eigenvalue weighted by Crippen LogP contribution is -2.50. The maximum absolute atomic E-state index is 12.5. The summed E-state index contributed by atoms with van der Waals surface area (Å²) < 4.78 is 0. The highest BCUT2D eigenvalue weighted by molar-refractivity contribution is 5.92. The molecule has 0 saturated carbocycles. The molecule has 0 bridgehead atoms. The normalized spacial score (nSPS) is 14.3. The van der Waals surface area contributed by atoms with Crippen LogP contribution in [0.4, 0.5) is 11.5 Å². The van der Waals surface area contributed by atoms with E-state index in [2.05, 4.69) is 15.3 Å². The van der Waals surface area contributed by atoms with Crippen LogP contribution >= 0.6 is 0 Å². The molecule has 1 aliphatic rings. The van der Waals surface area contributed by atoms with Crippen LogP contribution < -0.4 is 5.32 Å². The van der Waals surface area contributed by atoms with E-state index in [1.807, 2.05) is 31.2 Å². The summed E-state index contributed by atoms with van der Waals surface area (Å²) in [5.41, 5.74) is 2.37. The number of piperazine rings is 1. The Morgan fingerprint density at radius 2 is 1.68 bits per heavy atom. The fourth-order valence-corrected chi connectivity index (χ4v) is 2.74. The molecular formula is C18H21N5O2. The van der Waals surface area contributed by atoms with E-state index in [1.165, 1.54) is 6.20 Å². The molecule has 1 saturated heterocycles. The van der Waals surface area contributed by atoms with Crippen LogP contribution in [0.2, 0.25) is 0 Å². The third-order valence-electron chi connectivity index (χ3n) is 4.29. The molecule has 1 N–H and O–H groups in total. The Kier molecular flexibility index (Phi) is 4.92. The maximum atomic E-state index is 12.5. The highest BCUT2D eigenvalue weighted by atomic mass is 16.2. The van der Waals surface area contributed by atoms with Crippen molar-refractivity contribution in [3.63, 3.8) is 0 Å². The Hall–Kier alpha value is -2.96. The molecule has 7 heteroatoms. The van der Waals surface area contributed by atoms with Gasteiger partial charge in [-0.05, 0) is 18.6 Å². The third kappa shape index (κ3) is 3.93. The van der Waals surface area contributed by atoms with Gasteiger partial charge in [0, 0.05) is 38.8 Å². The van der Waals surface area contributed by atoms with Crippen molar-refractivity contribution in [1.82, 2.24) is 19.8 Å². The topological polar surface area (TPSA) is 78.4 Å². The Bertz CT molecular complexity index is 767. The summed E-state index contributed by atoms with van der Waals surface area (Å²) >= 11 is 0. The summed E-state index contributed by atoms with van der Waals surface area (Å²) in [5, 5.41) is 3.19. The highest BCUT2D eigenvalue weighted by Gasteiger charge is 2.24. The van der Waals surface area contributed by atoms with E-state index in [4.69, 9.17) is 0 Å². The second-order valence-electron chi connectivity index (χ2n) is 6.03. The predicted molar refractivity (Wildman–Crippen MR) is 94.7 cm³/mol. The summed E-state index contributed by atoms with van der Waals surface area (Å²) in [6.45, 7) is 5.70. The number of carbonyl (C=O) groups excluding carboxylic acids is 2. The number of anilines is 2. The lowest BCUT2D eigenvalue weighted by molar-refractivity contribution is -0.130. The Morgan fingerprint density at radius 3 is 2.28 bits per heavy atom. The van der Waals surface area contributed by atoms with Gasteiger partial charge in [0.1, 0.15) is 11.5 Å². The van der Waals surface area contributed by atoms with Crippen molar-refractivity contribution in [3.05, 3.63) is 47.9 Å². The predicted octanol–water partition coefficient (Wildman–Crippen LogP) is 1.83. The zero-order valence-electron chi connectivity index (χ0n) is 14.4. The number of nitrogens with one attached hydrogen (secondary N) is 1. The molecule has 2 aromatic rings. The van der Waals surface area contributed by atoms with Crippen LogP contribution in [-0.4, -0.2) is 57.8 Å². The van der Waals surface area contributed by atoms with E-state index in [0.29, 0.717) is 37.7 Å². The van der Waals surface area contributed by atoms with Gasteiger partial charge >= 0.3 is 0 Å². The van der Waals surface area contributed by atoms with E-state index in [0.717, 1.165) is 11.3 Å². The number of aryl methyl sites for hydroxylation is 1. The first-order valence-corrected chi connectivity index (χ1v) is 8.24. The molecule has 2 heterocycles. The number of nitrogens with zero attached hydrogens (tertiary/aromatic N) is 4. The quantitative estimate of drug-likeness (QED) is 0.923. The fraction of sp³-hybridized carbons (Fsp3) is 0.333. The minimum Gasteiger partial charge on any atom is -0.339 e. The van der Waals surface area contributed by atoms with E-state index >= 15 is 0 Å². The molecule has 25 heavy (non-hydrogen) atoms. The summed E-state index contributed by atoms with van der Waals surface area (Å²) in [5.74, 6) is 0.476.